The van der Waals surface area contributed by atoms with E-state index in [9.17, 15) is 9.59 Å². The number of hydrogen-bond acceptors (Lipinski definition) is 5. The van der Waals surface area contributed by atoms with Gasteiger partial charge in [-0.05, 0) is 30.7 Å². The Bertz CT molecular complexity index is 740. The Morgan fingerprint density at radius 2 is 1.90 bits per heavy atom. The fourth-order valence-electron chi connectivity index (χ4n) is 1.25. The Morgan fingerprint density at radius 1 is 1.25 bits per heavy atom. The van der Waals surface area contributed by atoms with Gasteiger partial charge < -0.3 is 4.84 Å². The van der Waals surface area contributed by atoms with E-state index in [4.69, 9.17) is 4.84 Å². The molecule has 0 unspecified atom stereocenters. The lowest BCUT2D eigenvalue weighted by Crippen LogP contribution is -2.14. The second-order valence-electron chi connectivity index (χ2n) is 3.78. The van der Waals surface area contributed by atoms with Crippen molar-refractivity contribution in [1.82, 2.24) is 5.08 Å². The van der Waals surface area contributed by atoms with Crippen LogP contribution >= 0.6 is 0 Å². The summed E-state index contributed by atoms with van der Waals surface area (Å²) >= 11 is 0. The summed E-state index contributed by atoms with van der Waals surface area (Å²) in [5, 5.41) is 0.374. The molecule has 2 aromatic rings. The Labute approximate surface area is 113 Å². The highest BCUT2D eigenvalue weighted by molar-refractivity contribution is 5.39. The molecule has 0 atom stereocenters. The molecule has 20 heavy (non-hydrogen) atoms. The molecular weight excluding hydrogens is 262 g/mol. The number of rotatable bonds is 3. The van der Waals surface area contributed by atoms with Gasteiger partial charge in [0.15, 0.2) is 0 Å². The summed E-state index contributed by atoms with van der Waals surface area (Å²) in [6.45, 7) is 1.86. The normalized spacial score (nSPS) is 10.8. The molecule has 1 aromatic carbocycles. The molecule has 0 saturated carbocycles. The van der Waals surface area contributed by atoms with E-state index in [1.54, 1.807) is 13.0 Å². The van der Waals surface area contributed by atoms with Crippen molar-refractivity contribution in [1.29, 1.82) is 0 Å². The van der Waals surface area contributed by atoms with Gasteiger partial charge in [0, 0.05) is 5.56 Å². The van der Waals surface area contributed by atoms with Gasteiger partial charge in [-0.3, -0.25) is 9.05 Å². The molecule has 1 aromatic heterocycles. The number of aromatic nitrogens is 1. The number of hydrogen-bond donors (Lipinski definition) is 0. The lowest BCUT2D eigenvalue weighted by molar-refractivity contribution is -0.137. The van der Waals surface area contributed by atoms with Gasteiger partial charge in [-0.25, -0.2) is 9.59 Å². The molecule has 0 aliphatic heterocycles. The maximum absolute atomic E-state index is 10.7. The minimum absolute atomic E-state index is 0.0515. The molecule has 102 valence electrons. The number of nitrogens with zero attached hydrogens (tertiary/aromatic N) is 1. The molecule has 0 bridgehead atoms. The fourth-order valence-corrected chi connectivity index (χ4v) is 1.25. The van der Waals surface area contributed by atoms with Crippen molar-refractivity contribution in [2.45, 2.75) is 6.92 Å². The van der Waals surface area contributed by atoms with Crippen molar-refractivity contribution >= 4 is 0 Å². The minimum Gasteiger partial charge on any atom is -0.353 e. The molecule has 2 rings (SSSR count). The van der Waals surface area contributed by atoms with Crippen LogP contribution in [0.25, 0.3) is 0 Å². The average Bonchev–Trinajstić information content (AvgIpc) is 2.76. The van der Waals surface area contributed by atoms with Crippen LogP contribution in [0.3, 0.4) is 0 Å². The summed E-state index contributed by atoms with van der Waals surface area (Å²) in [6.07, 6.45) is 1.66. The highest BCUT2D eigenvalue weighted by atomic mass is 17.0. The van der Waals surface area contributed by atoms with Gasteiger partial charge in [-0.15, -0.1) is 0 Å². The predicted molar refractivity (Wildman–Crippen MR) is 70.0 cm³/mol. The van der Waals surface area contributed by atoms with Crippen LogP contribution in [0.15, 0.2) is 60.6 Å². The van der Waals surface area contributed by atoms with Crippen LogP contribution in [0.5, 0.6) is 0 Å². The molecular formula is C14H11NO5. The zero-order chi connectivity index (χ0) is 14.4. The van der Waals surface area contributed by atoms with Crippen molar-refractivity contribution in [3.63, 3.8) is 0 Å². The topological polar surface area (TPSA) is 74.6 Å². The van der Waals surface area contributed by atoms with Gasteiger partial charge in [0.05, 0.1) is 0 Å². The van der Waals surface area contributed by atoms with E-state index in [0.29, 0.717) is 5.08 Å². The van der Waals surface area contributed by atoms with Crippen LogP contribution in [-0.2, 0) is 0 Å². The standard InChI is InChI=1S/C14H11NO5/c1-11(7-8-12-5-3-2-4-6-12)9-10-18-15-19-13(16)14(17)20-15/h2-6,9H,10H2,1H3/b11-9-. The molecule has 0 fully saturated rings. The van der Waals surface area contributed by atoms with Crippen LogP contribution in [-0.4, -0.2) is 11.7 Å². The summed E-state index contributed by atoms with van der Waals surface area (Å²) in [7, 11) is 0. The maximum Gasteiger partial charge on any atom is 0.449 e. The third kappa shape index (κ3) is 3.78. The lowest BCUT2D eigenvalue weighted by atomic mass is 10.2. The fraction of sp³-hybridized carbons (Fsp3) is 0.143. The van der Waals surface area contributed by atoms with E-state index < -0.39 is 11.3 Å². The van der Waals surface area contributed by atoms with Crippen molar-refractivity contribution in [2.24, 2.45) is 0 Å². The summed E-state index contributed by atoms with van der Waals surface area (Å²) < 4.78 is 8.64. The largest absolute Gasteiger partial charge is 0.449 e. The monoisotopic (exact) mass is 273 g/mol. The van der Waals surface area contributed by atoms with Gasteiger partial charge in [0.25, 0.3) is 0 Å². The first kappa shape index (κ1) is 13.5. The van der Waals surface area contributed by atoms with E-state index in [1.807, 2.05) is 30.3 Å². The van der Waals surface area contributed by atoms with Gasteiger partial charge >= 0.3 is 11.3 Å². The van der Waals surface area contributed by atoms with Gasteiger partial charge in [0.1, 0.15) is 11.7 Å². The smallest absolute Gasteiger partial charge is 0.353 e. The molecule has 0 N–H and O–H groups in total. The predicted octanol–water partition coefficient (Wildman–Crippen LogP) is 0.821. The van der Waals surface area contributed by atoms with Gasteiger partial charge in [0.2, 0.25) is 0 Å². The van der Waals surface area contributed by atoms with Crippen molar-refractivity contribution in [2.75, 3.05) is 6.61 Å². The highest BCUT2D eigenvalue weighted by Gasteiger charge is 2.04. The lowest BCUT2D eigenvalue weighted by Gasteiger charge is -1.95. The average molecular weight is 273 g/mol. The van der Waals surface area contributed by atoms with E-state index in [0.717, 1.165) is 11.1 Å². The first-order chi connectivity index (χ1) is 9.65. The van der Waals surface area contributed by atoms with Gasteiger partial charge in [-0.1, -0.05) is 30.0 Å². The van der Waals surface area contributed by atoms with Crippen molar-refractivity contribution in [3.8, 4) is 11.8 Å². The number of allylic oxidation sites excluding steroid dienone is 1. The molecule has 0 amide bonds. The summed E-state index contributed by atoms with van der Waals surface area (Å²) in [5.41, 5.74) is -0.557. The molecule has 0 radical (unpaired) electrons. The van der Waals surface area contributed by atoms with Gasteiger partial charge in [-0.2, -0.15) is 0 Å². The minimum atomic E-state index is -1.12. The van der Waals surface area contributed by atoms with Crippen molar-refractivity contribution in [3.05, 3.63) is 68.4 Å². The van der Waals surface area contributed by atoms with Crippen LogP contribution < -0.4 is 16.1 Å². The second kappa shape index (κ2) is 6.29. The molecule has 0 spiro atoms. The van der Waals surface area contributed by atoms with Crippen molar-refractivity contribution < 1.29 is 13.9 Å². The molecule has 6 heteroatoms. The Balaban J connectivity index is 1.93. The van der Waals surface area contributed by atoms with Crippen LogP contribution in [0, 0.1) is 11.8 Å². The molecule has 0 saturated heterocycles. The summed E-state index contributed by atoms with van der Waals surface area (Å²) in [5.74, 6) is 5.92. The third-order valence-electron chi connectivity index (χ3n) is 2.23. The molecule has 0 aliphatic rings. The first-order valence-corrected chi connectivity index (χ1v) is 5.76. The zero-order valence-corrected chi connectivity index (χ0v) is 10.7. The van der Waals surface area contributed by atoms with E-state index in [-0.39, 0.29) is 6.61 Å². The maximum atomic E-state index is 10.7. The second-order valence-corrected chi connectivity index (χ2v) is 3.78. The molecule has 0 aliphatic carbocycles. The van der Waals surface area contributed by atoms with Crippen LogP contribution in [0.4, 0.5) is 0 Å². The Hall–Kier alpha value is -2.94. The van der Waals surface area contributed by atoms with E-state index in [1.165, 1.54) is 0 Å². The molecule has 1 heterocycles. The summed E-state index contributed by atoms with van der Waals surface area (Å²) in [6, 6.07) is 9.53. The van der Waals surface area contributed by atoms with Crippen LogP contribution in [0.2, 0.25) is 0 Å². The molecule has 6 nitrogen and oxygen atoms in total. The van der Waals surface area contributed by atoms with Crippen LogP contribution in [0.1, 0.15) is 12.5 Å². The zero-order valence-electron chi connectivity index (χ0n) is 10.7. The first-order valence-electron chi connectivity index (χ1n) is 5.76. The number of benzene rings is 1. The Morgan fingerprint density at radius 3 is 2.55 bits per heavy atom. The SMILES string of the molecule is C/C(C#Cc1ccccc1)=C/COn1oc(=O)c(=O)o1. The quantitative estimate of drug-likeness (QED) is 0.611. The van der Waals surface area contributed by atoms with E-state index in [2.05, 4.69) is 20.9 Å². The highest BCUT2D eigenvalue weighted by Crippen LogP contribution is 1.96. The Kier molecular flexibility index (Phi) is 4.24. The summed E-state index contributed by atoms with van der Waals surface area (Å²) in [4.78, 5) is 26.2. The third-order valence-corrected chi connectivity index (χ3v) is 2.23. The van der Waals surface area contributed by atoms with E-state index >= 15 is 0 Å².